The van der Waals surface area contributed by atoms with Gasteiger partial charge in [-0.25, -0.2) is 15.0 Å². The first kappa shape index (κ1) is 16.9. The molecule has 3 aromatic carbocycles. The summed E-state index contributed by atoms with van der Waals surface area (Å²) in [6, 6.07) is 28.1. The molecule has 0 aliphatic heterocycles. The summed E-state index contributed by atoms with van der Waals surface area (Å²) >= 11 is 0. The van der Waals surface area contributed by atoms with Crippen molar-refractivity contribution in [3.05, 3.63) is 84.9 Å². The zero-order chi connectivity index (χ0) is 18.5. The lowest BCUT2D eigenvalue weighted by Gasteiger charge is -2.12. The van der Waals surface area contributed by atoms with Crippen LogP contribution in [-0.2, 0) is 0 Å². The van der Waals surface area contributed by atoms with Gasteiger partial charge in [0.1, 0.15) is 0 Å². The highest BCUT2D eigenvalue weighted by molar-refractivity contribution is 5.75. The van der Waals surface area contributed by atoms with Gasteiger partial charge in [-0.05, 0) is 19.1 Å². The van der Waals surface area contributed by atoms with Crippen molar-refractivity contribution in [3.63, 3.8) is 0 Å². The molecule has 1 N–H and O–H groups in total. The summed E-state index contributed by atoms with van der Waals surface area (Å²) in [5.74, 6) is 2.01. The van der Waals surface area contributed by atoms with Crippen molar-refractivity contribution in [2.24, 2.45) is 0 Å². The summed E-state index contributed by atoms with van der Waals surface area (Å²) in [5.41, 5.74) is 3.93. The van der Waals surface area contributed by atoms with Gasteiger partial charge >= 0.3 is 0 Å². The van der Waals surface area contributed by atoms with Crippen LogP contribution in [0.5, 0.6) is 0 Å². The molecular weight excluding hydrogens is 332 g/mol. The molecule has 0 aliphatic rings. The van der Waals surface area contributed by atoms with Crippen LogP contribution in [0.15, 0.2) is 84.9 Å². The molecule has 4 rings (SSSR count). The third-order valence-corrected chi connectivity index (χ3v) is 4.23. The predicted molar refractivity (Wildman–Crippen MR) is 110 cm³/mol. The number of nitrogens with one attached hydrogen (secondary N) is 1. The van der Waals surface area contributed by atoms with Crippen LogP contribution in [0.1, 0.15) is 6.92 Å². The SMILES string of the molecule is CCNc1ccccc1-c1nc(-c2ccccc2)nc(-c2ccccc2)n1. The largest absolute Gasteiger partial charge is 0.385 e. The second-order valence-electron chi connectivity index (χ2n) is 6.11. The van der Waals surface area contributed by atoms with E-state index in [9.17, 15) is 0 Å². The second kappa shape index (κ2) is 7.79. The van der Waals surface area contributed by atoms with Gasteiger partial charge in [-0.1, -0.05) is 72.8 Å². The van der Waals surface area contributed by atoms with Gasteiger partial charge in [-0.15, -0.1) is 0 Å². The van der Waals surface area contributed by atoms with Crippen molar-refractivity contribution in [3.8, 4) is 34.2 Å². The maximum absolute atomic E-state index is 4.78. The Morgan fingerprint density at radius 3 is 1.63 bits per heavy atom. The standard InChI is InChI=1S/C23H20N4/c1-2-24-20-16-10-9-15-19(20)23-26-21(17-11-5-3-6-12-17)25-22(27-23)18-13-7-4-8-14-18/h3-16,24H,2H2,1H3. The zero-order valence-electron chi connectivity index (χ0n) is 15.1. The molecule has 4 aromatic rings. The molecule has 0 bridgehead atoms. The van der Waals surface area contributed by atoms with Crippen molar-refractivity contribution in [2.75, 3.05) is 11.9 Å². The molecule has 0 radical (unpaired) electrons. The molecule has 0 aliphatic carbocycles. The molecule has 0 unspecified atom stereocenters. The Morgan fingerprint density at radius 1 is 0.593 bits per heavy atom. The highest BCUT2D eigenvalue weighted by atomic mass is 15.0. The third-order valence-electron chi connectivity index (χ3n) is 4.23. The van der Waals surface area contributed by atoms with E-state index >= 15 is 0 Å². The first-order chi connectivity index (χ1) is 13.3. The average Bonchev–Trinajstić information content (AvgIpc) is 2.75. The summed E-state index contributed by atoms with van der Waals surface area (Å²) in [5, 5.41) is 3.39. The Kier molecular flexibility index (Phi) is 4.88. The van der Waals surface area contributed by atoms with Crippen LogP contribution in [0.4, 0.5) is 5.69 Å². The minimum Gasteiger partial charge on any atom is -0.385 e. The normalized spacial score (nSPS) is 10.6. The zero-order valence-corrected chi connectivity index (χ0v) is 15.1. The van der Waals surface area contributed by atoms with Crippen molar-refractivity contribution < 1.29 is 0 Å². The predicted octanol–water partition coefficient (Wildman–Crippen LogP) is 5.30. The Balaban J connectivity index is 1.92. The van der Waals surface area contributed by atoms with Crippen LogP contribution in [0.3, 0.4) is 0 Å². The first-order valence-corrected chi connectivity index (χ1v) is 9.05. The topological polar surface area (TPSA) is 50.7 Å². The van der Waals surface area contributed by atoms with Gasteiger partial charge in [0.2, 0.25) is 0 Å². The van der Waals surface area contributed by atoms with E-state index in [0.717, 1.165) is 28.9 Å². The maximum Gasteiger partial charge on any atom is 0.166 e. The van der Waals surface area contributed by atoms with Gasteiger partial charge < -0.3 is 5.32 Å². The van der Waals surface area contributed by atoms with Crippen LogP contribution in [0.25, 0.3) is 34.2 Å². The number of rotatable bonds is 5. The summed E-state index contributed by atoms with van der Waals surface area (Å²) in [4.78, 5) is 14.3. The smallest absolute Gasteiger partial charge is 0.166 e. The lowest BCUT2D eigenvalue weighted by molar-refractivity contribution is 1.07. The molecule has 0 spiro atoms. The molecule has 0 amide bonds. The number of hydrogen-bond donors (Lipinski definition) is 1. The molecule has 132 valence electrons. The van der Waals surface area contributed by atoms with Crippen LogP contribution < -0.4 is 5.32 Å². The quantitative estimate of drug-likeness (QED) is 0.529. The minimum absolute atomic E-state index is 0.666. The van der Waals surface area contributed by atoms with Crippen LogP contribution in [0.2, 0.25) is 0 Å². The fraction of sp³-hybridized carbons (Fsp3) is 0.0870. The van der Waals surface area contributed by atoms with E-state index in [4.69, 9.17) is 15.0 Å². The molecule has 27 heavy (non-hydrogen) atoms. The van der Waals surface area contributed by atoms with E-state index in [1.54, 1.807) is 0 Å². The van der Waals surface area contributed by atoms with Gasteiger partial charge in [-0.3, -0.25) is 0 Å². The molecule has 1 aromatic heterocycles. The van der Waals surface area contributed by atoms with Crippen LogP contribution in [0, 0.1) is 0 Å². The van der Waals surface area contributed by atoms with E-state index in [2.05, 4.69) is 12.2 Å². The molecule has 1 heterocycles. The number of anilines is 1. The monoisotopic (exact) mass is 352 g/mol. The van der Waals surface area contributed by atoms with E-state index in [1.165, 1.54) is 0 Å². The number of benzene rings is 3. The Hall–Kier alpha value is -3.53. The molecule has 4 nitrogen and oxygen atoms in total. The third kappa shape index (κ3) is 3.70. The van der Waals surface area contributed by atoms with Crippen LogP contribution in [-0.4, -0.2) is 21.5 Å². The molecule has 0 atom stereocenters. The van der Waals surface area contributed by atoms with Crippen molar-refractivity contribution in [2.45, 2.75) is 6.92 Å². The Morgan fingerprint density at radius 2 is 1.07 bits per heavy atom. The number of para-hydroxylation sites is 1. The molecule has 0 fully saturated rings. The molecule has 4 heteroatoms. The number of aromatic nitrogens is 3. The summed E-state index contributed by atoms with van der Waals surface area (Å²) in [6.07, 6.45) is 0. The van der Waals surface area contributed by atoms with E-state index < -0.39 is 0 Å². The lowest BCUT2D eigenvalue weighted by Crippen LogP contribution is -2.03. The van der Waals surface area contributed by atoms with Crippen molar-refractivity contribution >= 4 is 5.69 Å². The van der Waals surface area contributed by atoms with Gasteiger partial charge in [0.25, 0.3) is 0 Å². The van der Waals surface area contributed by atoms with E-state index in [1.807, 2.05) is 84.9 Å². The maximum atomic E-state index is 4.78. The molecule has 0 saturated carbocycles. The van der Waals surface area contributed by atoms with Crippen molar-refractivity contribution in [1.29, 1.82) is 0 Å². The van der Waals surface area contributed by atoms with Gasteiger partial charge in [0, 0.05) is 28.9 Å². The highest BCUT2D eigenvalue weighted by Crippen LogP contribution is 2.28. The van der Waals surface area contributed by atoms with Gasteiger partial charge in [-0.2, -0.15) is 0 Å². The average molecular weight is 352 g/mol. The summed E-state index contributed by atoms with van der Waals surface area (Å²) in [7, 11) is 0. The van der Waals surface area contributed by atoms with Crippen LogP contribution >= 0.6 is 0 Å². The van der Waals surface area contributed by atoms with E-state index in [-0.39, 0.29) is 0 Å². The lowest BCUT2D eigenvalue weighted by atomic mass is 10.1. The minimum atomic E-state index is 0.666. The molecule has 0 saturated heterocycles. The number of nitrogens with zero attached hydrogens (tertiary/aromatic N) is 3. The Bertz CT molecular complexity index is 973. The van der Waals surface area contributed by atoms with E-state index in [0.29, 0.717) is 17.5 Å². The molecular formula is C23H20N4. The second-order valence-corrected chi connectivity index (χ2v) is 6.11. The first-order valence-electron chi connectivity index (χ1n) is 9.05. The summed E-state index contributed by atoms with van der Waals surface area (Å²) < 4.78 is 0. The van der Waals surface area contributed by atoms with Crippen molar-refractivity contribution in [1.82, 2.24) is 15.0 Å². The fourth-order valence-corrected chi connectivity index (χ4v) is 2.95. The Labute approximate surface area is 159 Å². The summed E-state index contributed by atoms with van der Waals surface area (Å²) in [6.45, 7) is 2.91. The van der Waals surface area contributed by atoms with Gasteiger partial charge in [0.05, 0.1) is 0 Å². The van der Waals surface area contributed by atoms with Gasteiger partial charge in [0.15, 0.2) is 17.5 Å². The fourth-order valence-electron chi connectivity index (χ4n) is 2.95. The highest BCUT2D eigenvalue weighted by Gasteiger charge is 2.13. The number of hydrogen-bond acceptors (Lipinski definition) is 4.